The molecule has 1 rings (SSSR count). The van der Waals surface area contributed by atoms with Crippen LogP contribution < -0.4 is 10.2 Å². The molecular weight excluding hydrogens is 360 g/mol. The van der Waals surface area contributed by atoms with Gasteiger partial charge in [0.2, 0.25) is 5.91 Å². The van der Waals surface area contributed by atoms with Gasteiger partial charge in [-0.25, -0.2) is 0 Å². The molecule has 0 aromatic carbocycles. The summed E-state index contributed by atoms with van der Waals surface area (Å²) in [6, 6.07) is 2.49. The molecule has 0 radical (unpaired) electrons. The summed E-state index contributed by atoms with van der Waals surface area (Å²) in [5, 5.41) is 21.8. The minimum atomic E-state index is -0.861. The number of amides is 1. The number of quaternary nitrogens is 1. The summed E-state index contributed by atoms with van der Waals surface area (Å²) in [5.74, 6) is 1.08. The normalized spacial score (nSPS) is 14.8. The van der Waals surface area contributed by atoms with E-state index < -0.39 is 5.54 Å². The Morgan fingerprint density at radius 2 is 2.04 bits per heavy atom. The van der Waals surface area contributed by atoms with Gasteiger partial charge in [0.25, 0.3) is 0 Å². The summed E-state index contributed by atoms with van der Waals surface area (Å²) >= 11 is 1.39. The van der Waals surface area contributed by atoms with E-state index in [1.807, 2.05) is 13.8 Å². The van der Waals surface area contributed by atoms with Gasteiger partial charge in [-0.2, -0.15) is 5.26 Å². The molecule has 2 N–H and O–H groups in total. The average molecular weight is 396 g/mol. The zero-order chi connectivity index (χ0) is 20.6. The summed E-state index contributed by atoms with van der Waals surface area (Å²) < 4.78 is 2.16. The molecule has 0 unspecified atom stereocenters. The number of thioether (sulfide) groups is 1. The molecule has 1 aromatic rings. The van der Waals surface area contributed by atoms with Crippen molar-refractivity contribution in [2.75, 3.05) is 19.8 Å². The molecular formula is C19H35N6OS+. The van der Waals surface area contributed by atoms with Crippen molar-refractivity contribution < 1.29 is 9.69 Å². The first-order chi connectivity index (χ1) is 12.7. The Balaban J connectivity index is 2.92. The smallest absolute Gasteiger partial charge is 0.231 e. The third-order valence-corrected chi connectivity index (χ3v) is 5.98. The van der Waals surface area contributed by atoms with Gasteiger partial charge in [0, 0.05) is 13.0 Å². The third kappa shape index (κ3) is 6.22. The largest absolute Gasteiger partial charge is 0.337 e. The van der Waals surface area contributed by atoms with Gasteiger partial charge < -0.3 is 14.8 Å². The molecule has 0 spiro atoms. The Morgan fingerprint density at radius 3 is 2.52 bits per heavy atom. The maximum absolute atomic E-state index is 12.4. The van der Waals surface area contributed by atoms with E-state index in [0.29, 0.717) is 0 Å². The van der Waals surface area contributed by atoms with Crippen LogP contribution in [0.5, 0.6) is 0 Å². The van der Waals surface area contributed by atoms with Crippen molar-refractivity contribution in [2.45, 2.75) is 77.2 Å². The summed E-state index contributed by atoms with van der Waals surface area (Å²) in [6.07, 6.45) is 3.11. The van der Waals surface area contributed by atoms with Crippen molar-refractivity contribution in [3.63, 3.8) is 0 Å². The lowest BCUT2D eigenvalue weighted by Crippen LogP contribution is -3.06. The highest BCUT2D eigenvalue weighted by Crippen LogP contribution is 2.22. The van der Waals surface area contributed by atoms with Crippen LogP contribution in [-0.2, 0) is 11.3 Å². The molecule has 1 aromatic heterocycles. The van der Waals surface area contributed by atoms with Crippen molar-refractivity contribution in [1.82, 2.24) is 20.1 Å². The number of hydrogen-bond donors (Lipinski definition) is 2. The standard InChI is InChI=1S/C19H34N6OS/c1-8-10-11-25-17(15(9-2)24(6)7)22-23-18(25)27-12-16(26)21-19(5,13-20)14(3)4/h14-15H,8-12H2,1-7H3,(H,21,26)/p+1/t15-,19+/m1/s1. The van der Waals surface area contributed by atoms with E-state index in [4.69, 9.17) is 0 Å². The third-order valence-electron chi connectivity index (χ3n) is 5.02. The van der Waals surface area contributed by atoms with Gasteiger partial charge in [-0.3, -0.25) is 4.79 Å². The summed E-state index contributed by atoms with van der Waals surface area (Å²) in [6.45, 7) is 10.8. The Bertz CT molecular complexity index is 651. The van der Waals surface area contributed by atoms with E-state index in [1.165, 1.54) is 16.7 Å². The van der Waals surface area contributed by atoms with Crippen LogP contribution in [0.25, 0.3) is 0 Å². The zero-order valence-electron chi connectivity index (χ0n) is 17.8. The number of carbonyl (C=O) groups is 1. The zero-order valence-corrected chi connectivity index (χ0v) is 18.6. The Labute approximate surface area is 167 Å². The van der Waals surface area contributed by atoms with Gasteiger partial charge in [0.15, 0.2) is 11.0 Å². The van der Waals surface area contributed by atoms with Gasteiger partial charge in [0.05, 0.1) is 25.9 Å². The van der Waals surface area contributed by atoms with E-state index in [2.05, 4.69) is 54.1 Å². The molecule has 8 heteroatoms. The molecule has 0 aliphatic carbocycles. The Hall–Kier alpha value is -1.59. The number of hydrogen-bond acceptors (Lipinski definition) is 5. The molecule has 2 atom stereocenters. The number of rotatable bonds is 11. The van der Waals surface area contributed by atoms with Crippen LogP contribution in [0.15, 0.2) is 5.16 Å². The molecule has 0 bridgehead atoms. The summed E-state index contributed by atoms with van der Waals surface area (Å²) in [5.41, 5.74) is -0.861. The van der Waals surface area contributed by atoms with Crippen molar-refractivity contribution in [3.8, 4) is 6.07 Å². The Kier molecular flexibility index (Phi) is 9.27. The van der Waals surface area contributed by atoms with E-state index in [9.17, 15) is 10.1 Å². The monoisotopic (exact) mass is 395 g/mol. The van der Waals surface area contributed by atoms with E-state index in [0.717, 1.165) is 36.8 Å². The Morgan fingerprint density at radius 1 is 1.37 bits per heavy atom. The number of nitriles is 1. The molecule has 0 aliphatic heterocycles. The lowest BCUT2D eigenvalue weighted by atomic mass is 9.90. The van der Waals surface area contributed by atoms with Crippen LogP contribution in [0.3, 0.4) is 0 Å². The van der Waals surface area contributed by atoms with Gasteiger partial charge in [0.1, 0.15) is 11.6 Å². The minimum Gasteiger partial charge on any atom is -0.337 e. The van der Waals surface area contributed by atoms with Gasteiger partial charge in [-0.1, -0.05) is 45.9 Å². The van der Waals surface area contributed by atoms with Crippen molar-refractivity contribution in [1.29, 1.82) is 5.26 Å². The molecule has 27 heavy (non-hydrogen) atoms. The fourth-order valence-corrected chi connectivity index (χ4v) is 3.57. The molecule has 0 fully saturated rings. The lowest BCUT2D eigenvalue weighted by Gasteiger charge is -2.27. The number of nitrogens with one attached hydrogen (secondary N) is 2. The molecule has 0 saturated carbocycles. The van der Waals surface area contributed by atoms with Crippen LogP contribution in [0.4, 0.5) is 0 Å². The second kappa shape index (κ2) is 10.7. The number of unbranched alkanes of at least 4 members (excludes halogenated alkanes) is 1. The number of aromatic nitrogens is 3. The average Bonchev–Trinajstić information content (AvgIpc) is 3.00. The second-order valence-corrected chi connectivity index (χ2v) is 8.63. The van der Waals surface area contributed by atoms with Crippen LogP contribution in [0.1, 0.15) is 65.7 Å². The maximum atomic E-state index is 12.4. The van der Waals surface area contributed by atoms with Crippen LogP contribution in [0, 0.1) is 17.2 Å². The summed E-state index contributed by atoms with van der Waals surface area (Å²) in [7, 11) is 4.25. The number of nitrogens with zero attached hydrogens (tertiary/aromatic N) is 4. The molecule has 0 aliphatic rings. The SMILES string of the molecule is CCCCn1c(SCC(=O)N[C@@](C)(C#N)C(C)C)nnc1[C@@H](CC)[NH+](C)C. The molecule has 1 heterocycles. The molecule has 7 nitrogen and oxygen atoms in total. The highest BCUT2D eigenvalue weighted by molar-refractivity contribution is 7.99. The van der Waals surface area contributed by atoms with E-state index >= 15 is 0 Å². The van der Waals surface area contributed by atoms with Crippen molar-refractivity contribution in [3.05, 3.63) is 5.82 Å². The lowest BCUT2D eigenvalue weighted by molar-refractivity contribution is -0.893. The van der Waals surface area contributed by atoms with Gasteiger partial charge in [-0.15, -0.1) is 10.2 Å². The highest BCUT2D eigenvalue weighted by Gasteiger charge is 2.30. The first kappa shape index (κ1) is 23.4. The first-order valence-corrected chi connectivity index (χ1v) is 10.8. The summed E-state index contributed by atoms with van der Waals surface area (Å²) in [4.78, 5) is 13.7. The quantitative estimate of drug-likeness (QED) is 0.558. The van der Waals surface area contributed by atoms with Crippen molar-refractivity contribution in [2.24, 2.45) is 5.92 Å². The number of carbonyl (C=O) groups excluding carboxylic acids is 1. The van der Waals surface area contributed by atoms with E-state index in [-0.39, 0.29) is 23.6 Å². The minimum absolute atomic E-state index is 0.0321. The maximum Gasteiger partial charge on any atom is 0.231 e. The second-order valence-electron chi connectivity index (χ2n) is 7.69. The molecule has 1 amide bonds. The van der Waals surface area contributed by atoms with Crippen LogP contribution in [-0.4, -0.2) is 46.1 Å². The van der Waals surface area contributed by atoms with Gasteiger partial charge in [-0.05, 0) is 19.3 Å². The molecule has 0 saturated heterocycles. The van der Waals surface area contributed by atoms with Crippen molar-refractivity contribution >= 4 is 17.7 Å². The van der Waals surface area contributed by atoms with E-state index in [1.54, 1.807) is 6.92 Å². The molecule has 152 valence electrons. The fraction of sp³-hybridized carbons (Fsp3) is 0.789. The predicted octanol–water partition coefficient (Wildman–Crippen LogP) is 1.82. The van der Waals surface area contributed by atoms with Crippen LogP contribution >= 0.6 is 11.8 Å². The predicted molar refractivity (Wildman–Crippen MR) is 108 cm³/mol. The first-order valence-electron chi connectivity index (χ1n) is 9.78. The van der Waals surface area contributed by atoms with Crippen LogP contribution in [0.2, 0.25) is 0 Å². The highest BCUT2D eigenvalue weighted by atomic mass is 32.2. The van der Waals surface area contributed by atoms with Gasteiger partial charge >= 0.3 is 0 Å². The fourth-order valence-electron chi connectivity index (χ4n) is 2.80. The topological polar surface area (TPSA) is 88.0 Å².